The average molecular weight is 377 g/mol. The smallest absolute Gasteiger partial charge is 0.153 e. The molecule has 0 radical (unpaired) electrons. The van der Waals surface area contributed by atoms with Gasteiger partial charge in [0.2, 0.25) is 0 Å². The van der Waals surface area contributed by atoms with Crippen molar-refractivity contribution in [3.05, 3.63) is 72.7 Å². The van der Waals surface area contributed by atoms with Crippen molar-refractivity contribution in [3.63, 3.8) is 0 Å². The lowest BCUT2D eigenvalue weighted by Crippen LogP contribution is -2.47. The molecule has 6 heteroatoms. The van der Waals surface area contributed by atoms with Gasteiger partial charge < -0.3 is 10.3 Å². The summed E-state index contributed by atoms with van der Waals surface area (Å²) in [5, 5.41) is 10.3. The minimum atomic E-state index is 0.462. The Balaban J connectivity index is 0.000000706. The zero-order chi connectivity index (χ0) is 19.8. The number of piperazine rings is 1. The van der Waals surface area contributed by atoms with Crippen LogP contribution in [0.4, 0.5) is 5.69 Å². The maximum Gasteiger partial charge on any atom is 0.153 e. The van der Waals surface area contributed by atoms with Crippen molar-refractivity contribution in [2.75, 3.05) is 31.1 Å². The summed E-state index contributed by atoms with van der Waals surface area (Å²) in [4.78, 5) is 9.51. The number of nitrogens with one attached hydrogen (secondary N) is 1. The third kappa shape index (κ3) is 4.84. The van der Waals surface area contributed by atoms with Gasteiger partial charge in [-0.1, -0.05) is 30.3 Å². The van der Waals surface area contributed by atoms with E-state index in [0.29, 0.717) is 6.04 Å². The van der Waals surface area contributed by atoms with Gasteiger partial charge in [-0.05, 0) is 43.8 Å². The minimum Gasteiger partial charge on any atom is -0.368 e. The average Bonchev–Trinajstić information content (AvgIpc) is 3.30. The van der Waals surface area contributed by atoms with Crippen LogP contribution in [-0.4, -0.2) is 52.1 Å². The monoisotopic (exact) mass is 376 g/mol. The van der Waals surface area contributed by atoms with Gasteiger partial charge in [-0.3, -0.25) is 4.90 Å². The van der Waals surface area contributed by atoms with Crippen molar-refractivity contribution in [2.24, 2.45) is 0 Å². The van der Waals surface area contributed by atoms with Crippen LogP contribution in [-0.2, 0) is 0 Å². The topological polar surface area (TPSA) is 61.0 Å². The molecule has 0 saturated carbocycles. The lowest BCUT2D eigenvalue weighted by Gasteiger charge is -2.39. The van der Waals surface area contributed by atoms with E-state index >= 15 is 0 Å². The van der Waals surface area contributed by atoms with Gasteiger partial charge in [0.1, 0.15) is 0 Å². The fraction of sp³-hybridized carbons (Fsp3) is 0.318. The second-order valence-electron chi connectivity index (χ2n) is 6.72. The normalized spacial score (nSPS) is 15.4. The zero-order valence-corrected chi connectivity index (χ0v) is 16.6. The third-order valence-electron chi connectivity index (χ3n) is 4.98. The molecule has 1 aromatic carbocycles. The predicted octanol–water partition coefficient (Wildman–Crippen LogP) is 3.81. The molecule has 28 heavy (non-hydrogen) atoms. The van der Waals surface area contributed by atoms with Crippen LogP contribution in [0.5, 0.6) is 0 Å². The molecule has 2 aromatic heterocycles. The van der Waals surface area contributed by atoms with Gasteiger partial charge in [-0.2, -0.15) is 5.10 Å². The van der Waals surface area contributed by atoms with E-state index in [1.807, 2.05) is 24.5 Å². The molecule has 0 bridgehead atoms. The van der Waals surface area contributed by atoms with Crippen LogP contribution in [0.3, 0.4) is 0 Å². The molecule has 4 rings (SSSR count). The van der Waals surface area contributed by atoms with E-state index in [1.54, 1.807) is 17.8 Å². The van der Waals surface area contributed by atoms with E-state index < -0.39 is 0 Å². The molecular weight excluding hydrogens is 348 g/mol. The molecule has 1 aliphatic rings. The number of nitrogens with zero attached hydrogens (tertiary/aromatic N) is 5. The van der Waals surface area contributed by atoms with Gasteiger partial charge in [0.15, 0.2) is 5.82 Å². The summed E-state index contributed by atoms with van der Waals surface area (Å²) in [5.74, 6) is 0.852. The summed E-state index contributed by atoms with van der Waals surface area (Å²) in [6, 6.07) is 17.3. The summed E-state index contributed by atoms with van der Waals surface area (Å²) in [5.41, 5.74) is 2.57. The van der Waals surface area contributed by atoms with E-state index in [4.69, 9.17) is 5.41 Å². The highest BCUT2D eigenvalue weighted by Gasteiger charge is 2.22. The molecule has 146 valence electrons. The van der Waals surface area contributed by atoms with E-state index in [1.165, 1.54) is 17.5 Å². The van der Waals surface area contributed by atoms with E-state index in [-0.39, 0.29) is 0 Å². The lowest BCUT2D eigenvalue weighted by atomic mass is 10.1. The molecule has 0 aliphatic carbocycles. The minimum absolute atomic E-state index is 0.462. The van der Waals surface area contributed by atoms with Gasteiger partial charge in [-0.15, -0.1) is 0 Å². The van der Waals surface area contributed by atoms with Crippen molar-refractivity contribution in [1.82, 2.24) is 19.7 Å². The van der Waals surface area contributed by atoms with Crippen LogP contribution >= 0.6 is 0 Å². The highest BCUT2D eigenvalue weighted by molar-refractivity contribution is 5.48. The Morgan fingerprint density at radius 1 is 1.00 bits per heavy atom. The first kappa shape index (κ1) is 19.8. The van der Waals surface area contributed by atoms with Gasteiger partial charge >= 0.3 is 0 Å². The Hall–Kier alpha value is -2.99. The van der Waals surface area contributed by atoms with Gasteiger partial charge in [0.05, 0.1) is 11.9 Å². The van der Waals surface area contributed by atoms with E-state index in [2.05, 4.69) is 63.2 Å². The molecule has 1 aliphatic heterocycles. The van der Waals surface area contributed by atoms with Crippen LogP contribution in [0, 0.1) is 5.41 Å². The Kier molecular flexibility index (Phi) is 6.92. The van der Waals surface area contributed by atoms with Crippen molar-refractivity contribution in [1.29, 1.82) is 5.41 Å². The number of anilines is 1. The quantitative estimate of drug-likeness (QED) is 0.704. The molecule has 0 amide bonds. The van der Waals surface area contributed by atoms with Crippen molar-refractivity contribution >= 4 is 11.9 Å². The maximum atomic E-state index is 6.08. The van der Waals surface area contributed by atoms with Crippen molar-refractivity contribution in [2.45, 2.75) is 19.9 Å². The molecule has 6 nitrogen and oxygen atoms in total. The molecule has 1 atom stereocenters. The van der Waals surface area contributed by atoms with Crippen molar-refractivity contribution in [3.8, 4) is 5.82 Å². The van der Waals surface area contributed by atoms with Gasteiger partial charge in [-0.25, -0.2) is 9.67 Å². The predicted molar refractivity (Wildman–Crippen MR) is 114 cm³/mol. The Morgan fingerprint density at radius 3 is 2.29 bits per heavy atom. The Morgan fingerprint density at radius 2 is 1.71 bits per heavy atom. The molecular formula is C22H28N6. The van der Waals surface area contributed by atoms with Crippen molar-refractivity contribution < 1.29 is 0 Å². The summed E-state index contributed by atoms with van der Waals surface area (Å²) in [6.45, 7) is 8.15. The fourth-order valence-corrected chi connectivity index (χ4v) is 3.41. The summed E-state index contributed by atoms with van der Waals surface area (Å²) in [6.07, 6.45) is 6.88. The number of rotatable bonds is 4. The number of pyridine rings is 1. The second kappa shape index (κ2) is 9.80. The largest absolute Gasteiger partial charge is 0.368 e. The summed E-state index contributed by atoms with van der Waals surface area (Å²) in [7, 11) is 0. The fourth-order valence-electron chi connectivity index (χ4n) is 3.41. The Labute approximate surface area is 166 Å². The Bertz CT molecular complexity index is 821. The number of hydrogen-bond acceptors (Lipinski definition) is 5. The van der Waals surface area contributed by atoms with Crippen LogP contribution in [0.25, 0.3) is 5.82 Å². The molecule has 3 heterocycles. The van der Waals surface area contributed by atoms with Crippen LogP contribution in [0.15, 0.2) is 67.1 Å². The molecule has 3 aromatic rings. The van der Waals surface area contributed by atoms with Gasteiger partial charge in [0.25, 0.3) is 0 Å². The number of aromatic nitrogens is 3. The molecule has 1 saturated heterocycles. The van der Waals surface area contributed by atoms with Crippen LogP contribution in [0.1, 0.15) is 25.5 Å². The standard InChI is InChI=1S/C20H23N5.C2H5N/c1-17(18-6-3-2-4-7-18)23-12-14-24(15-13-23)19-8-9-20(21-16-19)25-11-5-10-22-25;1-2-3/h2-11,16-17H,12-15H2,1H3;2-3H,1H3. The zero-order valence-electron chi connectivity index (χ0n) is 16.6. The number of benzene rings is 1. The molecule has 1 fully saturated rings. The molecule has 1 N–H and O–H groups in total. The lowest BCUT2D eigenvalue weighted by molar-refractivity contribution is 0.198. The second-order valence-corrected chi connectivity index (χ2v) is 6.72. The first-order valence-corrected chi connectivity index (χ1v) is 9.68. The molecule has 1 unspecified atom stereocenters. The van der Waals surface area contributed by atoms with E-state index in [0.717, 1.165) is 32.0 Å². The maximum absolute atomic E-state index is 6.08. The van der Waals surface area contributed by atoms with Gasteiger partial charge in [0, 0.05) is 44.6 Å². The first-order chi connectivity index (χ1) is 13.7. The first-order valence-electron chi connectivity index (χ1n) is 9.68. The SMILES string of the molecule is CC(c1ccccc1)N1CCN(c2ccc(-n3cccn3)nc2)CC1.CC=N. The summed E-state index contributed by atoms with van der Waals surface area (Å²) < 4.78 is 1.78. The summed E-state index contributed by atoms with van der Waals surface area (Å²) >= 11 is 0. The number of hydrogen-bond donors (Lipinski definition) is 1. The van der Waals surface area contributed by atoms with E-state index in [9.17, 15) is 0 Å². The van der Waals surface area contributed by atoms with Crippen LogP contribution < -0.4 is 4.90 Å². The highest BCUT2D eigenvalue weighted by atomic mass is 15.3. The molecule has 0 spiro atoms. The highest BCUT2D eigenvalue weighted by Crippen LogP contribution is 2.23. The third-order valence-corrected chi connectivity index (χ3v) is 4.98. The van der Waals surface area contributed by atoms with Crippen LogP contribution in [0.2, 0.25) is 0 Å².